The van der Waals surface area contributed by atoms with Gasteiger partial charge in [-0.25, -0.2) is 8.42 Å². The topological polar surface area (TPSA) is 78.5 Å². The number of rotatable bonds is 8. The molecular weight excluding hydrogens is 422 g/mol. The molecular formula is C25H27N3O3S. The molecule has 32 heavy (non-hydrogen) atoms. The van der Waals surface area contributed by atoms with Gasteiger partial charge >= 0.3 is 0 Å². The summed E-state index contributed by atoms with van der Waals surface area (Å²) in [4.78, 5) is 15.3. The summed E-state index contributed by atoms with van der Waals surface area (Å²) in [6.07, 6.45) is 2.16. The minimum atomic E-state index is -3.61. The zero-order valence-electron chi connectivity index (χ0n) is 17.8. The van der Waals surface area contributed by atoms with Crippen LogP contribution in [0, 0.1) is 0 Å². The van der Waals surface area contributed by atoms with Crippen LogP contribution in [0.5, 0.6) is 0 Å². The van der Waals surface area contributed by atoms with E-state index in [1.54, 1.807) is 24.3 Å². The highest BCUT2D eigenvalue weighted by atomic mass is 32.2. The number of sulfonamides is 1. The normalized spacial score (nSPS) is 13.7. The third-order valence-electron chi connectivity index (χ3n) is 5.46. The fourth-order valence-corrected chi connectivity index (χ4v) is 5.09. The lowest BCUT2D eigenvalue weighted by Gasteiger charge is -2.22. The molecule has 6 nitrogen and oxygen atoms in total. The summed E-state index contributed by atoms with van der Waals surface area (Å²) >= 11 is 0. The van der Waals surface area contributed by atoms with Crippen LogP contribution in [0.2, 0.25) is 0 Å². The number of amides is 1. The molecule has 2 N–H and O–H groups in total. The van der Waals surface area contributed by atoms with Gasteiger partial charge < -0.3 is 10.2 Å². The van der Waals surface area contributed by atoms with Crippen LogP contribution in [-0.4, -0.2) is 27.4 Å². The van der Waals surface area contributed by atoms with Crippen LogP contribution >= 0.6 is 0 Å². The molecule has 1 fully saturated rings. The van der Waals surface area contributed by atoms with Crippen LogP contribution in [-0.2, 0) is 22.3 Å². The number of anilines is 2. The molecule has 0 bridgehead atoms. The number of nitrogens with zero attached hydrogens (tertiary/aromatic N) is 1. The molecule has 0 saturated carbocycles. The summed E-state index contributed by atoms with van der Waals surface area (Å²) < 4.78 is 28.0. The van der Waals surface area contributed by atoms with Crippen LogP contribution in [0.25, 0.3) is 0 Å². The molecule has 4 rings (SSSR count). The van der Waals surface area contributed by atoms with Gasteiger partial charge in [0.25, 0.3) is 5.91 Å². The van der Waals surface area contributed by atoms with Crippen molar-refractivity contribution in [1.82, 2.24) is 5.32 Å². The first-order valence-electron chi connectivity index (χ1n) is 10.8. The maximum absolute atomic E-state index is 13.1. The van der Waals surface area contributed by atoms with Crippen molar-refractivity contribution in [3.05, 3.63) is 95.6 Å². The predicted molar refractivity (Wildman–Crippen MR) is 128 cm³/mol. The molecule has 1 aliphatic rings. The monoisotopic (exact) mass is 449 g/mol. The van der Waals surface area contributed by atoms with Crippen LogP contribution in [0.1, 0.15) is 34.3 Å². The zero-order valence-corrected chi connectivity index (χ0v) is 18.6. The summed E-state index contributed by atoms with van der Waals surface area (Å²) in [6, 6.07) is 23.9. The maximum atomic E-state index is 13.1. The van der Waals surface area contributed by atoms with E-state index in [1.807, 2.05) is 54.6 Å². The molecule has 0 aromatic heterocycles. The summed E-state index contributed by atoms with van der Waals surface area (Å²) in [6.45, 7) is 2.18. The fraction of sp³-hybridized carbons (Fsp3) is 0.240. The van der Waals surface area contributed by atoms with Crippen molar-refractivity contribution < 1.29 is 13.2 Å². The maximum Gasteiger partial charge on any atom is 0.253 e. The molecule has 1 saturated heterocycles. The van der Waals surface area contributed by atoms with Crippen LogP contribution < -0.4 is 14.9 Å². The van der Waals surface area contributed by atoms with Crippen LogP contribution in [0.3, 0.4) is 0 Å². The van der Waals surface area contributed by atoms with Gasteiger partial charge in [-0.2, -0.15) is 0 Å². The number of benzene rings is 3. The number of carbonyl (C=O) groups excluding carboxylic acids is 1. The average molecular weight is 450 g/mol. The Hall–Kier alpha value is -3.32. The quantitative estimate of drug-likeness (QED) is 0.541. The Morgan fingerprint density at radius 3 is 2.12 bits per heavy atom. The lowest BCUT2D eigenvalue weighted by Crippen LogP contribution is -2.27. The summed E-state index contributed by atoms with van der Waals surface area (Å²) in [5.74, 6) is -0.350. The summed E-state index contributed by atoms with van der Waals surface area (Å²) in [7, 11) is -3.61. The molecule has 7 heteroatoms. The van der Waals surface area contributed by atoms with E-state index in [2.05, 4.69) is 14.9 Å². The molecule has 3 aromatic carbocycles. The Morgan fingerprint density at radius 1 is 0.844 bits per heavy atom. The van der Waals surface area contributed by atoms with Gasteiger partial charge in [-0.1, -0.05) is 60.7 Å². The summed E-state index contributed by atoms with van der Waals surface area (Å²) in [5, 5.41) is 2.97. The minimum Gasteiger partial charge on any atom is -0.371 e. The molecule has 0 atom stereocenters. The fourth-order valence-electron chi connectivity index (χ4n) is 3.90. The van der Waals surface area contributed by atoms with E-state index in [0.717, 1.165) is 37.2 Å². The Kier molecular flexibility index (Phi) is 6.75. The largest absolute Gasteiger partial charge is 0.371 e. The molecule has 166 valence electrons. The Balaban J connectivity index is 1.55. The van der Waals surface area contributed by atoms with Gasteiger partial charge in [0, 0.05) is 31.0 Å². The van der Waals surface area contributed by atoms with Crippen molar-refractivity contribution in [2.24, 2.45) is 0 Å². The van der Waals surface area contributed by atoms with Gasteiger partial charge in [-0.05, 0) is 42.2 Å². The van der Waals surface area contributed by atoms with E-state index in [1.165, 1.54) is 0 Å². The van der Waals surface area contributed by atoms with Crippen molar-refractivity contribution in [1.29, 1.82) is 0 Å². The van der Waals surface area contributed by atoms with Gasteiger partial charge in [0.05, 0.1) is 11.3 Å². The van der Waals surface area contributed by atoms with Gasteiger partial charge in [-0.15, -0.1) is 0 Å². The van der Waals surface area contributed by atoms with Gasteiger partial charge in [-0.3, -0.25) is 9.52 Å². The molecule has 0 unspecified atom stereocenters. The summed E-state index contributed by atoms with van der Waals surface area (Å²) in [5.41, 5.74) is 3.40. The third-order valence-corrected chi connectivity index (χ3v) is 6.72. The van der Waals surface area contributed by atoms with Crippen LogP contribution in [0.4, 0.5) is 11.4 Å². The number of hydrogen-bond acceptors (Lipinski definition) is 4. The lowest BCUT2D eigenvalue weighted by atomic mass is 10.1. The Bertz CT molecular complexity index is 1160. The van der Waals surface area contributed by atoms with Gasteiger partial charge in [0.2, 0.25) is 10.0 Å². The van der Waals surface area contributed by atoms with E-state index < -0.39 is 10.0 Å². The Labute approximate surface area is 189 Å². The third kappa shape index (κ3) is 5.68. The molecule has 0 spiro atoms. The van der Waals surface area contributed by atoms with E-state index in [0.29, 0.717) is 23.4 Å². The van der Waals surface area contributed by atoms with Crippen molar-refractivity contribution in [2.75, 3.05) is 22.7 Å². The molecule has 3 aromatic rings. The first kappa shape index (κ1) is 21.9. The molecule has 0 aliphatic carbocycles. The lowest BCUT2D eigenvalue weighted by molar-refractivity contribution is 0.0951. The van der Waals surface area contributed by atoms with Crippen molar-refractivity contribution >= 4 is 27.3 Å². The van der Waals surface area contributed by atoms with Crippen molar-refractivity contribution in [3.8, 4) is 0 Å². The molecule has 0 radical (unpaired) electrons. The van der Waals surface area contributed by atoms with E-state index in [4.69, 9.17) is 0 Å². The molecule has 1 amide bonds. The highest BCUT2D eigenvalue weighted by Crippen LogP contribution is 2.28. The first-order chi connectivity index (χ1) is 15.5. The van der Waals surface area contributed by atoms with E-state index in [-0.39, 0.29) is 11.7 Å². The smallest absolute Gasteiger partial charge is 0.253 e. The first-order valence-corrected chi connectivity index (χ1v) is 12.4. The average Bonchev–Trinajstić information content (AvgIpc) is 3.33. The number of hydrogen-bond donors (Lipinski definition) is 2. The van der Waals surface area contributed by atoms with Crippen molar-refractivity contribution in [3.63, 3.8) is 0 Å². The van der Waals surface area contributed by atoms with Crippen molar-refractivity contribution in [2.45, 2.75) is 25.1 Å². The van der Waals surface area contributed by atoms with E-state index in [9.17, 15) is 13.2 Å². The highest BCUT2D eigenvalue weighted by Gasteiger charge is 2.21. The van der Waals surface area contributed by atoms with Crippen LogP contribution in [0.15, 0.2) is 78.9 Å². The van der Waals surface area contributed by atoms with E-state index >= 15 is 0 Å². The standard InChI is InChI=1S/C25H27N3O3S/c29-25(26-18-20-9-3-1-4-10-20)23-17-22(13-14-24(23)28-15-7-8-16-28)27-32(30,31)19-21-11-5-2-6-12-21/h1-6,9-14,17,27H,7-8,15-16,18-19H2,(H,26,29). The number of carbonyl (C=O) groups is 1. The second-order valence-electron chi connectivity index (χ2n) is 7.94. The van der Waals surface area contributed by atoms with Gasteiger partial charge in [0.15, 0.2) is 0 Å². The second kappa shape index (κ2) is 9.87. The number of nitrogens with one attached hydrogen (secondary N) is 2. The predicted octanol–water partition coefficient (Wildman–Crippen LogP) is 4.16. The molecule has 1 aliphatic heterocycles. The SMILES string of the molecule is O=C(NCc1ccccc1)c1cc(NS(=O)(=O)Cc2ccccc2)ccc1N1CCCC1. The highest BCUT2D eigenvalue weighted by molar-refractivity contribution is 7.91. The molecule has 1 heterocycles. The zero-order chi connectivity index (χ0) is 22.4. The Morgan fingerprint density at radius 2 is 1.47 bits per heavy atom. The second-order valence-corrected chi connectivity index (χ2v) is 9.66. The van der Waals surface area contributed by atoms with Gasteiger partial charge in [0.1, 0.15) is 0 Å². The minimum absolute atomic E-state index is 0.128.